The Labute approximate surface area is 161 Å². The van der Waals surface area contributed by atoms with Gasteiger partial charge < -0.3 is 20.3 Å². The van der Waals surface area contributed by atoms with Crippen LogP contribution in [-0.4, -0.2) is 41.8 Å². The van der Waals surface area contributed by atoms with Crippen LogP contribution >= 0.6 is 0 Å². The monoisotopic (exact) mass is 369 g/mol. The van der Waals surface area contributed by atoms with E-state index in [0.717, 1.165) is 51.6 Å². The minimum Gasteiger partial charge on any atom is -0.384 e. The summed E-state index contributed by atoms with van der Waals surface area (Å²) in [6.07, 6.45) is 16.2. The molecule has 26 heavy (non-hydrogen) atoms. The summed E-state index contributed by atoms with van der Waals surface area (Å²) in [7, 11) is 0. The van der Waals surface area contributed by atoms with Gasteiger partial charge in [-0.05, 0) is 31.7 Å². The summed E-state index contributed by atoms with van der Waals surface area (Å²) < 4.78 is 5.63. The fraction of sp³-hybridized carbons (Fsp3) is 0.909. The van der Waals surface area contributed by atoms with Gasteiger partial charge in [-0.25, -0.2) is 0 Å². The highest BCUT2D eigenvalue weighted by molar-refractivity contribution is 4.92. The lowest BCUT2D eigenvalue weighted by Crippen LogP contribution is -2.50. The van der Waals surface area contributed by atoms with E-state index in [1.165, 1.54) is 32.1 Å². The lowest BCUT2D eigenvalue weighted by atomic mass is 9.74. The SMILES string of the molecule is CCCCCCCCC(O)(C1CCCCC1)C(O)OC/C=C\CNCC. The van der Waals surface area contributed by atoms with Gasteiger partial charge in [-0.1, -0.05) is 83.8 Å². The van der Waals surface area contributed by atoms with E-state index in [2.05, 4.69) is 19.2 Å². The van der Waals surface area contributed by atoms with Gasteiger partial charge in [0.1, 0.15) is 5.60 Å². The molecule has 0 aromatic heterocycles. The van der Waals surface area contributed by atoms with Crippen LogP contribution in [-0.2, 0) is 4.74 Å². The summed E-state index contributed by atoms with van der Waals surface area (Å²) >= 11 is 0. The van der Waals surface area contributed by atoms with E-state index in [-0.39, 0.29) is 5.92 Å². The first-order valence-corrected chi connectivity index (χ1v) is 11.0. The Balaban J connectivity index is 2.48. The first kappa shape index (κ1) is 23.6. The molecule has 2 unspecified atom stereocenters. The van der Waals surface area contributed by atoms with Crippen molar-refractivity contribution in [1.82, 2.24) is 5.32 Å². The average Bonchev–Trinajstić information content (AvgIpc) is 2.67. The number of hydrogen-bond acceptors (Lipinski definition) is 4. The molecule has 0 heterocycles. The van der Waals surface area contributed by atoms with Crippen molar-refractivity contribution in [3.63, 3.8) is 0 Å². The standard InChI is InChI=1S/C22H43NO3/c1-3-5-6-7-8-12-17-22(25,20-15-10-9-11-16-20)21(24)26-19-14-13-18-23-4-2/h13-14,20-21,23-25H,3-12,15-19H2,1-2H3/b14-13-. The third-order valence-electron chi connectivity index (χ3n) is 5.70. The van der Waals surface area contributed by atoms with E-state index in [4.69, 9.17) is 4.74 Å². The van der Waals surface area contributed by atoms with Crippen LogP contribution in [0.3, 0.4) is 0 Å². The Morgan fingerprint density at radius 1 is 1.04 bits per heavy atom. The van der Waals surface area contributed by atoms with Gasteiger partial charge in [-0.15, -0.1) is 0 Å². The van der Waals surface area contributed by atoms with Gasteiger partial charge >= 0.3 is 0 Å². The first-order valence-electron chi connectivity index (χ1n) is 11.0. The van der Waals surface area contributed by atoms with Crippen LogP contribution in [0, 0.1) is 5.92 Å². The van der Waals surface area contributed by atoms with Gasteiger partial charge in [0.15, 0.2) is 6.29 Å². The number of rotatable bonds is 15. The lowest BCUT2D eigenvalue weighted by Gasteiger charge is -2.41. The maximum absolute atomic E-state index is 11.3. The number of aliphatic hydroxyl groups is 2. The van der Waals surface area contributed by atoms with Crippen LogP contribution in [0.5, 0.6) is 0 Å². The van der Waals surface area contributed by atoms with Crippen LogP contribution in [0.15, 0.2) is 12.2 Å². The molecule has 0 aromatic rings. The van der Waals surface area contributed by atoms with E-state index in [0.29, 0.717) is 13.0 Å². The Kier molecular flexibility index (Phi) is 13.3. The summed E-state index contributed by atoms with van der Waals surface area (Å²) in [4.78, 5) is 0. The van der Waals surface area contributed by atoms with E-state index in [1.54, 1.807) is 0 Å². The van der Waals surface area contributed by atoms with Crippen molar-refractivity contribution in [2.24, 2.45) is 5.92 Å². The van der Waals surface area contributed by atoms with Crippen molar-refractivity contribution in [2.45, 2.75) is 103 Å². The zero-order chi connectivity index (χ0) is 19.1. The quantitative estimate of drug-likeness (QED) is 0.225. The van der Waals surface area contributed by atoms with Crippen LogP contribution in [0.2, 0.25) is 0 Å². The molecular weight excluding hydrogens is 326 g/mol. The molecule has 0 amide bonds. The van der Waals surface area contributed by atoms with Crippen molar-refractivity contribution in [3.05, 3.63) is 12.2 Å². The molecule has 0 bridgehead atoms. The molecule has 3 N–H and O–H groups in total. The van der Waals surface area contributed by atoms with E-state index >= 15 is 0 Å². The van der Waals surface area contributed by atoms with Crippen LogP contribution in [0.25, 0.3) is 0 Å². The van der Waals surface area contributed by atoms with Gasteiger partial charge in [0.2, 0.25) is 0 Å². The maximum atomic E-state index is 11.3. The molecule has 4 nitrogen and oxygen atoms in total. The Bertz CT molecular complexity index is 355. The molecule has 4 heteroatoms. The van der Waals surface area contributed by atoms with E-state index < -0.39 is 11.9 Å². The number of unbranched alkanes of at least 4 members (excludes halogenated alkanes) is 5. The topological polar surface area (TPSA) is 61.7 Å². The Hall–Kier alpha value is -0.420. The Morgan fingerprint density at radius 2 is 1.73 bits per heavy atom. The maximum Gasteiger partial charge on any atom is 0.184 e. The summed E-state index contributed by atoms with van der Waals surface area (Å²) in [6, 6.07) is 0. The van der Waals surface area contributed by atoms with Crippen molar-refractivity contribution in [3.8, 4) is 0 Å². The van der Waals surface area contributed by atoms with Gasteiger partial charge in [0.05, 0.1) is 6.61 Å². The molecule has 0 aliphatic heterocycles. The van der Waals surface area contributed by atoms with Gasteiger partial charge in [0.25, 0.3) is 0 Å². The highest BCUT2D eigenvalue weighted by Gasteiger charge is 2.43. The molecule has 0 spiro atoms. The van der Waals surface area contributed by atoms with Gasteiger partial charge in [-0.2, -0.15) is 0 Å². The molecule has 0 aromatic carbocycles. The molecule has 154 valence electrons. The van der Waals surface area contributed by atoms with Crippen LogP contribution < -0.4 is 5.32 Å². The summed E-state index contributed by atoms with van der Waals surface area (Å²) in [5.41, 5.74) is -1.10. The van der Waals surface area contributed by atoms with Crippen molar-refractivity contribution < 1.29 is 14.9 Å². The molecule has 1 aliphatic rings. The number of hydrogen-bond donors (Lipinski definition) is 3. The minimum absolute atomic E-state index is 0.160. The van der Waals surface area contributed by atoms with Gasteiger partial charge in [-0.3, -0.25) is 0 Å². The molecule has 1 saturated carbocycles. The molecule has 0 saturated heterocycles. The lowest BCUT2D eigenvalue weighted by molar-refractivity contribution is -0.235. The third kappa shape index (κ3) is 8.98. The smallest absolute Gasteiger partial charge is 0.184 e. The summed E-state index contributed by atoms with van der Waals surface area (Å²) in [6.45, 7) is 6.38. The number of likely N-dealkylation sites (N-methyl/N-ethyl adjacent to an activating group) is 1. The zero-order valence-electron chi connectivity index (χ0n) is 17.2. The zero-order valence-corrected chi connectivity index (χ0v) is 17.2. The highest BCUT2D eigenvalue weighted by Crippen LogP contribution is 2.38. The third-order valence-corrected chi connectivity index (χ3v) is 5.70. The fourth-order valence-electron chi connectivity index (χ4n) is 3.99. The molecule has 1 aliphatic carbocycles. The summed E-state index contributed by atoms with van der Waals surface area (Å²) in [5.74, 6) is 0.160. The van der Waals surface area contributed by atoms with E-state index in [9.17, 15) is 10.2 Å². The molecule has 1 fully saturated rings. The predicted molar refractivity (Wildman–Crippen MR) is 109 cm³/mol. The number of nitrogens with one attached hydrogen (secondary N) is 1. The molecule has 0 radical (unpaired) electrons. The van der Waals surface area contributed by atoms with Crippen LogP contribution in [0.4, 0.5) is 0 Å². The van der Waals surface area contributed by atoms with Crippen molar-refractivity contribution >= 4 is 0 Å². The fourth-order valence-corrected chi connectivity index (χ4v) is 3.99. The minimum atomic E-state index is -1.10. The van der Waals surface area contributed by atoms with Crippen LogP contribution in [0.1, 0.15) is 90.9 Å². The normalized spacial score (nSPS) is 19.7. The second-order valence-corrected chi connectivity index (χ2v) is 7.81. The van der Waals surface area contributed by atoms with E-state index in [1.807, 2.05) is 12.2 Å². The number of ether oxygens (including phenoxy) is 1. The van der Waals surface area contributed by atoms with Crippen molar-refractivity contribution in [2.75, 3.05) is 19.7 Å². The second-order valence-electron chi connectivity index (χ2n) is 7.81. The predicted octanol–water partition coefficient (Wildman–Crippen LogP) is 4.55. The Morgan fingerprint density at radius 3 is 2.42 bits per heavy atom. The average molecular weight is 370 g/mol. The second kappa shape index (κ2) is 14.6. The largest absolute Gasteiger partial charge is 0.384 e. The van der Waals surface area contributed by atoms with Crippen molar-refractivity contribution in [1.29, 1.82) is 0 Å². The van der Waals surface area contributed by atoms with Gasteiger partial charge in [0, 0.05) is 6.54 Å². The molecule has 2 atom stereocenters. The summed E-state index contributed by atoms with van der Waals surface area (Å²) in [5, 5.41) is 25.2. The highest BCUT2D eigenvalue weighted by atomic mass is 16.6. The first-order chi connectivity index (χ1) is 12.6. The molecular formula is C22H43NO3. The number of aliphatic hydroxyl groups excluding tert-OH is 1. The molecule has 1 rings (SSSR count).